The Morgan fingerprint density at radius 2 is 2.19 bits per heavy atom. The maximum Gasteiger partial charge on any atom is 0.293 e. The minimum atomic E-state index is -0.385. The number of methoxy groups -OCH3 is 1. The van der Waals surface area contributed by atoms with Gasteiger partial charge in [-0.1, -0.05) is 23.9 Å². The predicted octanol–water partition coefficient (Wildman–Crippen LogP) is 4.86. The molecule has 0 saturated carbocycles. The van der Waals surface area contributed by atoms with Crippen molar-refractivity contribution in [2.45, 2.75) is 10.1 Å². The molecule has 2 aromatic heterocycles. The first kappa shape index (κ1) is 21.5. The third kappa shape index (κ3) is 5.15. The first-order valence-corrected chi connectivity index (χ1v) is 11.8. The average molecular weight is 516 g/mol. The van der Waals surface area contributed by atoms with E-state index >= 15 is 0 Å². The third-order valence-corrected chi connectivity index (χ3v) is 7.12. The Hall–Kier alpha value is -2.69. The Balaban J connectivity index is 1.44. The zero-order chi connectivity index (χ0) is 21.8. The fourth-order valence-corrected chi connectivity index (χ4v) is 5.48. The molecule has 0 aliphatic carbocycles. The molecule has 0 aliphatic rings. The standard InChI is InChI=1S/C21H18BrN5O2S2/c1-27-11-15(22)19(26-27)20(28)25-23-10-13-7-8-17(29-2)14(9-13)12-30-21-24-16-5-3-4-6-18(16)31-21/h3-11H,12H2,1-2H3,(H,25,28). The number of carbonyl (C=O) groups is 1. The van der Waals surface area contributed by atoms with Crippen LogP contribution in [0.15, 0.2) is 62.6 Å². The molecule has 4 rings (SSSR count). The molecule has 0 unspecified atom stereocenters. The fourth-order valence-electron chi connectivity index (χ4n) is 2.88. The highest BCUT2D eigenvalue weighted by Gasteiger charge is 2.13. The number of fused-ring (bicyclic) bond motifs is 1. The summed E-state index contributed by atoms with van der Waals surface area (Å²) in [7, 11) is 3.40. The molecule has 10 heteroatoms. The number of rotatable bonds is 7. The lowest BCUT2D eigenvalue weighted by atomic mass is 10.1. The zero-order valence-electron chi connectivity index (χ0n) is 16.7. The van der Waals surface area contributed by atoms with Gasteiger partial charge in [0.2, 0.25) is 0 Å². The van der Waals surface area contributed by atoms with Crippen molar-refractivity contribution >= 4 is 61.4 Å². The van der Waals surface area contributed by atoms with E-state index in [1.807, 2.05) is 36.4 Å². The summed E-state index contributed by atoms with van der Waals surface area (Å²) in [6.07, 6.45) is 3.30. The van der Waals surface area contributed by atoms with Crippen LogP contribution in [0.5, 0.6) is 5.75 Å². The van der Waals surface area contributed by atoms with E-state index in [-0.39, 0.29) is 11.6 Å². The zero-order valence-corrected chi connectivity index (χ0v) is 19.9. The van der Waals surface area contributed by atoms with Crippen LogP contribution in [0, 0.1) is 0 Å². The molecular weight excluding hydrogens is 498 g/mol. The highest BCUT2D eigenvalue weighted by atomic mass is 79.9. The number of carbonyl (C=O) groups excluding carboxylic acids is 1. The molecule has 31 heavy (non-hydrogen) atoms. The molecule has 0 saturated heterocycles. The van der Waals surface area contributed by atoms with E-state index in [9.17, 15) is 4.79 Å². The number of benzene rings is 2. The van der Waals surface area contributed by atoms with Crippen molar-refractivity contribution in [3.05, 3.63) is 70.0 Å². The van der Waals surface area contributed by atoms with Crippen molar-refractivity contribution in [3.63, 3.8) is 0 Å². The Bertz CT molecular complexity index is 1230. The van der Waals surface area contributed by atoms with Crippen LogP contribution in [0.3, 0.4) is 0 Å². The van der Waals surface area contributed by atoms with Crippen LogP contribution in [-0.4, -0.2) is 34.0 Å². The molecule has 0 spiro atoms. The van der Waals surface area contributed by atoms with E-state index in [1.165, 1.54) is 4.70 Å². The van der Waals surface area contributed by atoms with Gasteiger partial charge in [0, 0.05) is 24.6 Å². The van der Waals surface area contributed by atoms with Crippen molar-refractivity contribution < 1.29 is 9.53 Å². The molecule has 1 amide bonds. The van der Waals surface area contributed by atoms with Gasteiger partial charge in [-0.25, -0.2) is 10.4 Å². The number of nitrogens with one attached hydrogen (secondary N) is 1. The van der Waals surface area contributed by atoms with Crippen molar-refractivity contribution in [2.24, 2.45) is 12.1 Å². The van der Waals surface area contributed by atoms with Crippen molar-refractivity contribution in [3.8, 4) is 5.75 Å². The summed E-state index contributed by atoms with van der Waals surface area (Å²) in [6, 6.07) is 13.9. The van der Waals surface area contributed by atoms with E-state index in [0.717, 1.165) is 26.7 Å². The SMILES string of the molecule is COc1ccc(C=NNC(=O)c2nn(C)cc2Br)cc1CSc1nc2ccccc2s1. The minimum Gasteiger partial charge on any atom is -0.496 e. The molecule has 4 aromatic rings. The lowest BCUT2D eigenvalue weighted by Crippen LogP contribution is -2.19. The van der Waals surface area contributed by atoms with Crippen LogP contribution < -0.4 is 10.2 Å². The minimum absolute atomic E-state index is 0.280. The molecule has 158 valence electrons. The highest BCUT2D eigenvalue weighted by Crippen LogP contribution is 2.33. The smallest absolute Gasteiger partial charge is 0.293 e. The highest BCUT2D eigenvalue weighted by molar-refractivity contribution is 9.10. The van der Waals surface area contributed by atoms with E-state index in [2.05, 4.69) is 42.6 Å². The molecular formula is C21H18BrN5O2S2. The second-order valence-electron chi connectivity index (χ2n) is 6.51. The van der Waals surface area contributed by atoms with Crippen molar-refractivity contribution in [2.75, 3.05) is 7.11 Å². The van der Waals surface area contributed by atoms with E-state index in [1.54, 1.807) is 54.3 Å². The molecule has 0 bridgehead atoms. The van der Waals surface area contributed by atoms with E-state index < -0.39 is 0 Å². The number of aromatic nitrogens is 3. The number of hydrogen-bond acceptors (Lipinski definition) is 7. The van der Waals surface area contributed by atoms with Gasteiger partial charge in [-0.15, -0.1) is 11.3 Å². The van der Waals surface area contributed by atoms with Crippen LogP contribution in [0.4, 0.5) is 0 Å². The predicted molar refractivity (Wildman–Crippen MR) is 128 cm³/mol. The van der Waals surface area contributed by atoms with Gasteiger partial charge in [-0.05, 0) is 51.8 Å². The van der Waals surface area contributed by atoms with E-state index in [0.29, 0.717) is 10.2 Å². The van der Waals surface area contributed by atoms with Gasteiger partial charge >= 0.3 is 0 Å². The number of ether oxygens (including phenoxy) is 1. The second-order valence-corrected chi connectivity index (χ2v) is 9.61. The first-order chi connectivity index (χ1) is 15.0. The summed E-state index contributed by atoms with van der Waals surface area (Å²) in [4.78, 5) is 16.9. The second kappa shape index (κ2) is 9.63. The maximum atomic E-state index is 12.2. The largest absolute Gasteiger partial charge is 0.496 e. The van der Waals surface area contributed by atoms with Crippen LogP contribution >= 0.6 is 39.0 Å². The summed E-state index contributed by atoms with van der Waals surface area (Å²) in [5.74, 6) is 1.12. The number of aryl methyl sites for hydroxylation is 1. The molecule has 2 aromatic carbocycles. The summed E-state index contributed by atoms with van der Waals surface area (Å²) < 4.78 is 9.86. The summed E-state index contributed by atoms with van der Waals surface area (Å²) in [5, 5.41) is 8.16. The third-order valence-electron chi connectivity index (χ3n) is 4.31. The molecule has 0 radical (unpaired) electrons. The van der Waals surface area contributed by atoms with Gasteiger partial charge in [0.15, 0.2) is 10.0 Å². The number of para-hydroxylation sites is 1. The Morgan fingerprint density at radius 1 is 1.35 bits per heavy atom. The van der Waals surface area contributed by atoms with Gasteiger partial charge in [0.05, 0.1) is 28.0 Å². The van der Waals surface area contributed by atoms with Crippen LogP contribution in [-0.2, 0) is 12.8 Å². The fraction of sp³-hybridized carbons (Fsp3) is 0.143. The van der Waals surface area contributed by atoms with E-state index in [4.69, 9.17) is 4.74 Å². The molecule has 0 atom stereocenters. The van der Waals surface area contributed by atoms with Crippen LogP contribution in [0.2, 0.25) is 0 Å². The lowest BCUT2D eigenvalue weighted by molar-refractivity contribution is 0.0948. The Labute approximate surface area is 195 Å². The molecule has 2 heterocycles. The van der Waals surface area contributed by atoms with Crippen molar-refractivity contribution in [1.82, 2.24) is 20.2 Å². The topological polar surface area (TPSA) is 81.4 Å². The molecule has 0 aliphatic heterocycles. The summed E-state index contributed by atoms with van der Waals surface area (Å²) in [5.41, 5.74) is 5.67. The summed E-state index contributed by atoms with van der Waals surface area (Å²) >= 11 is 6.65. The number of hydrogen-bond donors (Lipinski definition) is 1. The molecule has 0 fully saturated rings. The van der Waals surface area contributed by atoms with Gasteiger partial charge < -0.3 is 4.74 Å². The molecule has 1 N–H and O–H groups in total. The van der Waals surface area contributed by atoms with Gasteiger partial charge in [-0.2, -0.15) is 10.2 Å². The molecule has 7 nitrogen and oxygen atoms in total. The number of nitrogens with zero attached hydrogens (tertiary/aromatic N) is 4. The lowest BCUT2D eigenvalue weighted by Gasteiger charge is -2.08. The average Bonchev–Trinajstić information content (AvgIpc) is 3.34. The normalized spacial score (nSPS) is 11.3. The Kier molecular flexibility index (Phi) is 6.69. The quantitative estimate of drug-likeness (QED) is 0.216. The maximum absolute atomic E-state index is 12.2. The van der Waals surface area contributed by atoms with Gasteiger partial charge in [0.25, 0.3) is 5.91 Å². The monoisotopic (exact) mass is 515 g/mol. The summed E-state index contributed by atoms with van der Waals surface area (Å²) in [6.45, 7) is 0. The van der Waals surface area contributed by atoms with Crippen LogP contribution in [0.25, 0.3) is 10.2 Å². The number of hydrazone groups is 1. The van der Waals surface area contributed by atoms with Crippen molar-refractivity contribution in [1.29, 1.82) is 0 Å². The number of thioether (sulfide) groups is 1. The van der Waals surface area contributed by atoms with Gasteiger partial charge in [0.1, 0.15) is 5.75 Å². The first-order valence-electron chi connectivity index (χ1n) is 9.21. The number of amides is 1. The number of thiazole rings is 1. The van der Waals surface area contributed by atoms with Gasteiger partial charge in [-0.3, -0.25) is 9.48 Å². The van der Waals surface area contributed by atoms with Crippen LogP contribution in [0.1, 0.15) is 21.6 Å². The Morgan fingerprint density at radius 3 is 2.94 bits per heavy atom. The number of halogens is 1.